The Bertz CT molecular complexity index is 1030. The van der Waals surface area contributed by atoms with Crippen LogP contribution in [0.1, 0.15) is 26.8 Å². The molecule has 2 aromatic heterocycles. The first-order chi connectivity index (χ1) is 14.1. The second-order valence-corrected chi connectivity index (χ2v) is 8.19. The average Bonchev–Trinajstić information content (AvgIpc) is 3.34. The van der Waals surface area contributed by atoms with Gasteiger partial charge in [0.05, 0.1) is 11.3 Å². The highest BCUT2D eigenvalue weighted by Crippen LogP contribution is 2.43. The van der Waals surface area contributed by atoms with Crippen LogP contribution in [0, 0.1) is 6.92 Å². The van der Waals surface area contributed by atoms with Gasteiger partial charge in [-0.2, -0.15) is 13.2 Å². The van der Waals surface area contributed by atoms with Gasteiger partial charge in [-0.05, 0) is 42.6 Å². The van der Waals surface area contributed by atoms with Crippen LogP contribution < -0.4 is 10.6 Å². The van der Waals surface area contributed by atoms with E-state index in [4.69, 9.17) is 0 Å². The molecule has 158 valence electrons. The van der Waals surface area contributed by atoms with Crippen molar-refractivity contribution < 1.29 is 27.9 Å². The highest BCUT2D eigenvalue weighted by molar-refractivity contribution is 7.12. The molecule has 11 heteroatoms. The van der Waals surface area contributed by atoms with E-state index in [2.05, 4.69) is 15.6 Å². The maximum absolute atomic E-state index is 13.5. The van der Waals surface area contributed by atoms with Crippen LogP contribution in [0.3, 0.4) is 0 Å². The molecule has 0 radical (unpaired) electrons. The van der Waals surface area contributed by atoms with Gasteiger partial charge in [0.1, 0.15) is 5.01 Å². The number of hydrogen-bond acceptors (Lipinski definition) is 6. The Morgan fingerprint density at radius 2 is 1.70 bits per heavy atom. The molecule has 2 heterocycles. The number of aromatic nitrogens is 1. The Morgan fingerprint density at radius 1 is 1.07 bits per heavy atom. The summed E-state index contributed by atoms with van der Waals surface area (Å²) >= 11 is 1.92. The van der Waals surface area contributed by atoms with Crippen LogP contribution in [-0.4, -0.2) is 28.1 Å². The zero-order valence-electron chi connectivity index (χ0n) is 15.5. The van der Waals surface area contributed by atoms with Crippen molar-refractivity contribution in [3.63, 3.8) is 0 Å². The van der Waals surface area contributed by atoms with Gasteiger partial charge in [0.25, 0.3) is 5.91 Å². The Kier molecular flexibility index (Phi) is 6.25. The predicted octanol–water partition coefficient (Wildman–Crippen LogP) is 4.54. The first-order valence-electron chi connectivity index (χ1n) is 8.55. The molecule has 1 atom stereocenters. The Morgan fingerprint density at radius 3 is 2.20 bits per heavy atom. The van der Waals surface area contributed by atoms with Crippen molar-refractivity contribution in [2.24, 2.45) is 0 Å². The van der Waals surface area contributed by atoms with Gasteiger partial charge in [0.15, 0.2) is 0 Å². The zero-order valence-corrected chi connectivity index (χ0v) is 17.1. The van der Waals surface area contributed by atoms with E-state index >= 15 is 0 Å². The third-order valence-electron chi connectivity index (χ3n) is 4.03. The molecule has 30 heavy (non-hydrogen) atoms. The Hall–Kier alpha value is -2.76. The number of thiophene rings is 1. The normalized spacial score (nSPS) is 13.5. The van der Waals surface area contributed by atoms with E-state index in [9.17, 15) is 27.9 Å². The summed E-state index contributed by atoms with van der Waals surface area (Å²) in [6.07, 6.45) is -6.31. The van der Waals surface area contributed by atoms with Crippen LogP contribution in [0.5, 0.6) is 0 Å². The molecule has 2 amide bonds. The minimum atomic E-state index is -5.08. The van der Waals surface area contributed by atoms with Gasteiger partial charge in [0.2, 0.25) is 11.5 Å². The van der Waals surface area contributed by atoms with Gasteiger partial charge in [-0.15, -0.1) is 22.7 Å². The van der Waals surface area contributed by atoms with Crippen molar-refractivity contribution in [2.45, 2.75) is 25.1 Å². The van der Waals surface area contributed by atoms with Gasteiger partial charge in [0, 0.05) is 22.4 Å². The summed E-state index contributed by atoms with van der Waals surface area (Å²) in [7, 11) is 0. The molecule has 0 aliphatic rings. The molecule has 1 aromatic carbocycles. The third-order valence-corrected chi connectivity index (χ3v) is 6.01. The molecule has 0 spiro atoms. The maximum Gasteiger partial charge on any atom is 0.424 e. The van der Waals surface area contributed by atoms with Crippen molar-refractivity contribution in [2.75, 3.05) is 10.6 Å². The van der Waals surface area contributed by atoms with Crippen LogP contribution in [-0.2, 0) is 10.4 Å². The number of benzene rings is 1. The first kappa shape index (κ1) is 21.9. The summed E-state index contributed by atoms with van der Waals surface area (Å²) in [4.78, 5) is 28.4. The summed E-state index contributed by atoms with van der Waals surface area (Å²) in [5, 5.41) is 17.8. The molecule has 0 bridgehead atoms. The molecular formula is C19H16F3N3O3S2. The Balaban J connectivity index is 1.67. The molecule has 3 N–H and O–H groups in total. The van der Waals surface area contributed by atoms with Crippen LogP contribution >= 0.6 is 22.7 Å². The minimum absolute atomic E-state index is 0.217. The third kappa shape index (κ3) is 4.86. The van der Waals surface area contributed by atoms with Gasteiger partial charge >= 0.3 is 6.18 Å². The van der Waals surface area contributed by atoms with Crippen molar-refractivity contribution in [1.29, 1.82) is 0 Å². The zero-order chi connectivity index (χ0) is 21.9. The SMILES string of the molecule is Cc1csc(C(O)(CC(=O)Nc2ccc(NC(=O)c3cccs3)cc2)C(F)(F)F)n1. The fourth-order valence-electron chi connectivity index (χ4n) is 2.52. The van der Waals surface area contributed by atoms with Crippen LogP contribution in [0.2, 0.25) is 0 Å². The van der Waals surface area contributed by atoms with Gasteiger partial charge in [-0.3, -0.25) is 9.59 Å². The standard InChI is InChI=1S/C19H16F3N3O3S2/c1-11-10-30-17(23-11)18(28,19(20,21)22)9-15(26)24-12-4-6-13(7-5-12)25-16(27)14-3-2-8-29-14/h2-8,10,28H,9H2,1H3,(H,24,26)(H,25,27). The summed E-state index contributed by atoms with van der Waals surface area (Å²) in [6, 6.07) is 9.28. The van der Waals surface area contributed by atoms with Crippen LogP contribution in [0.4, 0.5) is 24.5 Å². The molecule has 0 aliphatic carbocycles. The fourth-order valence-corrected chi connectivity index (χ4v) is 4.05. The number of amides is 2. The quantitative estimate of drug-likeness (QED) is 0.509. The van der Waals surface area contributed by atoms with E-state index in [1.165, 1.54) is 47.9 Å². The number of thiazole rings is 1. The molecule has 1 unspecified atom stereocenters. The van der Waals surface area contributed by atoms with Gasteiger partial charge < -0.3 is 15.7 Å². The molecule has 0 aliphatic heterocycles. The molecular weight excluding hydrogens is 439 g/mol. The van der Waals surface area contributed by atoms with E-state index in [1.807, 2.05) is 0 Å². The van der Waals surface area contributed by atoms with Crippen molar-refractivity contribution in [3.8, 4) is 0 Å². The van der Waals surface area contributed by atoms with E-state index in [0.29, 0.717) is 27.6 Å². The fraction of sp³-hybridized carbons (Fsp3) is 0.211. The lowest BCUT2D eigenvalue weighted by molar-refractivity contribution is -0.266. The van der Waals surface area contributed by atoms with E-state index in [1.54, 1.807) is 17.5 Å². The number of alkyl halides is 3. The second-order valence-electron chi connectivity index (χ2n) is 6.39. The monoisotopic (exact) mass is 455 g/mol. The van der Waals surface area contributed by atoms with Crippen molar-refractivity contribution >= 4 is 45.9 Å². The Labute approximate surface area is 177 Å². The number of anilines is 2. The van der Waals surface area contributed by atoms with Gasteiger partial charge in [-0.25, -0.2) is 4.98 Å². The van der Waals surface area contributed by atoms with E-state index < -0.39 is 29.1 Å². The van der Waals surface area contributed by atoms with Gasteiger partial charge in [-0.1, -0.05) is 6.07 Å². The van der Waals surface area contributed by atoms with Crippen LogP contribution in [0.25, 0.3) is 0 Å². The summed E-state index contributed by atoms with van der Waals surface area (Å²) in [6.45, 7) is 1.50. The number of carbonyl (C=O) groups is 2. The number of nitrogens with one attached hydrogen (secondary N) is 2. The minimum Gasteiger partial charge on any atom is -0.374 e. The smallest absolute Gasteiger partial charge is 0.374 e. The molecule has 0 saturated carbocycles. The number of nitrogens with zero attached hydrogens (tertiary/aromatic N) is 1. The number of rotatable bonds is 6. The average molecular weight is 455 g/mol. The summed E-state index contributed by atoms with van der Waals surface area (Å²) < 4.78 is 40.5. The largest absolute Gasteiger partial charge is 0.424 e. The number of halogens is 3. The molecule has 0 saturated heterocycles. The lowest BCUT2D eigenvalue weighted by Gasteiger charge is -2.27. The highest BCUT2D eigenvalue weighted by Gasteiger charge is 2.58. The number of aryl methyl sites for hydroxylation is 1. The lowest BCUT2D eigenvalue weighted by Crippen LogP contribution is -2.45. The number of aliphatic hydroxyl groups is 1. The summed E-state index contributed by atoms with van der Waals surface area (Å²) in [5.74, 6) is -1.33. The second kappa shape index (κ2) is 8.54. The lowest BCUT2D eigenvalue weighted by atomic mass is 9.99. The van der Waals surface area contributed by atoms with Crippen molar-refractivity contribution in [1.82, 2.24) is 4.98 Å². The molecule has 0 fully saturated rings. The van der Waals surface area contributed by atoms with E-state index in [-0.39, 0.29) is 11.6 Å². The summed E-state index contributed by atoms with van der Waals surface area (Å²) in [5.41, 5.74) is -2.39. The topological polar surface area (TPSA) is 91.3 Å². The van der Waals surface area contributed by atoms with Crippen molar-refractivity contribution in [3.05, 3.63) is 62.7 Å². The predicted molar refractivity (Wildman–Crippen MR) is 109 cm³/mol. The highest BCUT2D eigenvalue weighted by atomic mass is 32.1. The van der Waals surface area contributed by atoms with Crippen LogP contribution in [0.15, 0.2) is 47.2 Å². The molecule has 3 aromatic rings. The first-order valence-corrected chi connectivity index (χ1v) is 10.3. The maximum atomic E-state index is 13.5. The molecule has 6 nitrogen and oxygen atoms in total. The number of hydrogen-bond donors (Lipinski definition) is 3. The van der Waals surface area contributed by atoms with E-state index in [0.717, 1.165) is 0 Å². The molecule has 3 rings (SSSR count). The number of carbonyl (C=O) groups excluding carboxylic acids is 2.